The van der Waals surface area contributed by atoms with Gasteiger partial charge in [0.1, 0.15) is 12.3 Å². The van der Waals surface area contributed by atoms with Gasteiger partial charge in [-0.25, -0.2) is 0 Å². The van der Waals surface area contributed by atoms with E-state index in [4.69, 9.17) is 4.42 Å². The van der Waals surface area contributed by atoms with Crippen molar-refractivity contribution in [2.75, 3.05) is 5.32 Å². The van der Waals surface area contributed by atoms with Crippen LogP contribution in [0.1, 0.15) is 27.6 Å². The molecule has 3 aromatic rings. The number of halogens is 3. The number of anilines is 1. The summed E-state index contributed by atoms with van der Waals surface area (Å²) in [5, 5.41) is 12.5. The SMILES string of the molecule is Cc1cc(C(F)(F)F)nn1CC(=O)Nc1cn(C)nc1C(=O)NCc1ccco1. The van der Waals surface area contributed by atoms with Crippen molar-refractivity contribution in [2.24, 2.45) is 7.05 Å². The maximum absolute atomic E-state index is 12.7. The summed E-state index contributed by atoms with van der Waals surface area (Å²) in [5.74, 6) is -0.667. The number of aryl methyl sites for hydroxylation is 2. The van der Waals surface area contributed by atoms with E-state index >= 15 is 0 Å². The lowest BCUT2D eigenvalue weighted by Gasteiger charge is -2.07. The van der Waals surface area contributed by atoms with Crippen LogP contribution in [0.2, 0.25) is 0 Å². The van der Waals surface area contributed by atoms with Crippen LogP contribution >= 0.6 is 0 Å². The van der Waals surface area contributed by atoms with Crippen molar-refractivity contribution in [3.8, 4) is 0 Å². The Bertz CT molecular complexity index is 1020. The molecule has 0 unspecified atom stereocenters. The van der Waals surface area contributed by atoms with E-state index in [0.717, 1.165) is 10.7 Å². The van der Waals surface area contributed by atoms with Gasteiger partial charge in [-0.1, -0.05) is 0 Å². The predicted octanol–water partition coefficient (Wildman–Crippen LogP) is 2.11. The highest BCUT2D eigenvalue weighted by Crippen LogP contribution is 2.28. The van der Waals surface area contributed by atoms with E-state index in [1.165, 1.54) is 24.1 Å². The van der Waals surface area contributed by atoms with Crippen molar-refractivity contribution in [2.45, 2.75) is 26.2 Å². The number of carbonyl (C=O) groups excluding carboxylic acids is 2. The van der Waals surface area contributed by atoms with Crippen LogP contribution in [0, 0.1) is 6.92 Å². The van der Waals surface area contributed by atoms with Crippen LogP contribution in [0.15, 0.2) is 35.1 Å². The van der Waals surface area contributed by atoms with Crippen molar-refractivity contribution in [3.05, 3.63) is 53.5 Å². The van der Waals surface area contributed by atoms with E-state index in [9.17, 15) is 22.8 Å². The molecule has 12 heteroatoms. The average Bonchev–Trinajstić information content (AvgIpc) is 3.34. The summed E-state index contributed by atoms with van der Waals surface area (Å²) in [4.78, 5) is 24.6. The molecule has 0 atom stereocenters. The van der Waals surface area contributed by atoms with Gasteiger partial charge in [0.15, 0.2) is 11.4 Å². The first kappa shape index (κ1) is 20.2. The monoisotopic (exact) mass is 410 g/mol. The van der Waals surface area contributed by atoms with Gasteiger partial charge in [0, 0.05) is 18.9 Å². The second kappa shape index (κ2) is 7.81. The summed E-state index contributed by atoms with van der Waals surface area (Å²) >= 11 is 0. The van der Waals surface area contributed by atoms with E-state index in [-0.39, 0.29) is 23.6 Å². The molecule has 0 aliphatic carbocycles. The van der Waals surface area contributed by atoms with Gasteiger partial charge in [-0.05, 0) is 25.1 Å². The number of carbonyl (C=O) groups is 2. The van der Waals surface area contributed by atoms with Crippen molar-refractivity contribution in [3.63, 3.8) is 0 Å². The van der Waals surface area contributed by atoms with E-state index in [2.05, 4.69) is 20.8 Å². The van der Waals surface area contributed by atoms with Crippen LogP contribution in [0.25, 0.3) is 0 Å². The molecule has 0 spiro atoms. The Morgan fingerprint density at radius 3 is 2.66 bits per heavy atom. The van der Waals surface area contributed by atoms with Gasteiger partial charge in [0.2, 0.25) is 5.91 Å². The molecule has 0 fully saturated rings. The van der Waals surface area contributed by atoms with Gasteiger partial charge in [0.25, 0.3) is 5.91 Å². The smallest absolute Gasteiger partial charge is 0.435 e. The first-order chi connectivity index (χ1) is 13.6. The third-order valence-corrected chi connectivity index (χ3v) is 3.89. The van der Waals surface area contributed by atoms with Crippen molar-refractivity contribution < 1.29 is 27.2 Å². The first-order valence-electron chi connectivity index (χ1n) is 8.39. The topological polar surface area (TPSA) is 107 Å². The van der Waals surface area contributed by atoms with Crippen molar-refractivity contribution >= 4 is 17.5 Å². The second-order valence-electron chi connectivity index (χ2n) is 6.20. The van der Waals surface area contributed by atoms with E-state index < -0.39 is 30.2 Å². The highest BCUT2D eigenvalue weighted by Gasteiger charge is 2.34. The number of rotatable bonds is 6. The lowest BCUT2D eigenvalue weighted by molar-refractivity contribution is -0.141. The maximum Gasteiger partial charge on any atom is 0.435 e. The Kier molecular flexibility index (Phi) is 5.43. The normalized spacial score (nSPS) is 11.5. The molecule has 3 rings (SSSR count). The molecule has 0 aliphatic heterocycles. The molecular weight excluding hydrogens is 393 g/mol. The minimum Gasteiger partial charge on any atom is -0.467 e. The third-order valence-electron chi connectivity index (χ3n) is 3.89. The zero-order chi connectivity index (χ0) is 21.2. The number of aromatic nitrogens is 4. The average molecular weight is 410 g/mol. The molecule has 154 valence electrons. The van der Waals surface area contributed by atoms with Crippen molar-refractivity contribution in [1.82, 2.24) is 24.9 Å². The number of furan rings is 1. The molecule has 9 nitrogen and oxygen atoms in total. The third kappa shape index (κ3) is 4.83. The fraction of sp³-hybridized carbons (Fsp3) is 0.294. The van der Waals surface area contributed by atoms with Crippen LogP contribution in [0.5, 0.6) is 0 Å². The highest BCUT2D eigenvalue weighted by atomic mass is 19.4. The Hall–Kier alpha value is -3.57. The summed E-state index contributed by atoms with van der Waals surface area (Å²) in [7, 11) is 1.56. The Morgan fingerprint density at radius 2 is 2.03 bits per heavy atom. The molecule has 0 aromatic carbocycles. The van der Waals surface area contributed by atoms with Crippen molar-refractivity contribution in [1.29, 1.82) is 0 Å². The Balaban J connectivity index is 1.68. The standard InChI is InChI=1S/C17H17F3N6O3/c1-10-6-13(17(18,19)20)23-26(10)9-14(27)22-12-8-25(2)24-15(12)16(28)21-7-11-4-3-5-29-11/h3-6,8H,7,9H2,1-2H3,(H,21,28)(H,22,27). The Morgan fingerprint density at radius 1 is 1.28 bits per heavy atom. The minimum absolute atomic E-state index is 0.0411. The van der Waals surface area contributed by atoms with Gasteiger partial charge in [0.05, 0.1) is 18.5 Å². The summed E-state index contributed by atoms with van der Waals surface area (Å²) < 4.78 is 45.6. The summed E-state index contributed by atoms with van der Waals surface area (Å²) in [6.07, 6.45) is -1.72. The molecule has 0 aliphatic rings. The summed E-state index contributed by atoms with van der Waals surface area (Å²) in [6.45, 7) is 1.08. The second-order valence-corrected chi connectivity index (χ2v) is 6.20. The van der Waals surface area contributed by atoms with Crippen LogP contribution in [-0.4, -0.2) is 31.4 Å². The van der Waals surface area contributed by atoms with E-state index in [1.54, 1.807) is 19.2 Å². The molecule has 0 saturated carbocycles. The number of nitrogens with zero attached hydrogens (tertiary/aromatic N) is 4. The molecule has 29 heavy (non-hydrogen) atoms. The molecule has 0 bridgehead atoms. The molecular formula is C17H17F3N6O3. The van der Waals surface area contributed by atoms with E-state index in [0.29, 0.717) is 5.76 Å². The van der Waals surface area contributed by atoms with Crippen LogP contribution in [-0.2, 0) is 31.1 Å². The molecule has 3 aromatic heterocycles. The Labute approximate surface area is 162 Å². The number of nitrogens with one attached hydrogen (secondary N) is 2. The first-order valence-corrected chi connectivity index (χ1v) is 8.39. The van der Waals surface area contributed by atoms with Gasteiger partial charge in [-0.15, -0.1) is 0 Å². The number of hydrogen-bond acceptors (Lipinski definition) is 5. The van der Waals surface area contributed by atoms with E-state index in [1.807, 2.05) is 0 Å². The lowest BCUT2D eigenvalue weighted by atomic mass is 10.3. The number of hydrogen-bond donors (Lipinski definition) is 2. The quantitative estimate of drug-likeness (QED) is 0.647. The zero-order valence-corrected chi connectivity index (χ0v) is 15.4. The summed E-state index contributed by atoms with van der Waals surface area (Å²) in [6, 6.07) is 4.21. The molecule has 3 heterocycles. The van der Waals surface area contributed by atoms with Crippen LogP contribution in [0.3, 0.4) is 0 Å². The largest absolute Gasteiger partial charge is 0.467 e. The van der Waals surface area contributed by atoms with Gasteiger partial charge in [-0.2, -0.15) is 23.4 Å². The van der Waals surface area contributed by atoms with Gasteiger partial charge in [-0.3, -0.25) is 19.0 Å². The molecule has 0 saturated heterocycles. The fourth-order valence-corrected chi connectivity index (χ4v) is 2.55. The highest BCUT2D eigenvalue weighted by molar-refractivity contribution is 6.02. The summed E-state index contributed by atoms with van der Waals surface area (Å²) in [5.41, 5.74) is -0.826. The number of alkyl halides is 3. The fourth-order valence-electron chi connectivity index (χ4n) is 2.55. The lowest BCUT2D eigenvalue weighted by Crippen LogP contribution is -2.26. The maximum atomic E-state index is 12.7. The molecule has 2 amide bonds. The predicted molar refractivity (Wildman–Crippen MR) is 93.7 cm³/mol. The van der Waals surface area contributed by atoms with Crippen LogP contribution in [0.4, 0.5) is 18.9 Å². The molecule has 0 radical (unpaired) electrons. The number of amides is 2. The van der Waals surface area contributed by atoms with Gasteiger partial charge < -0.3 is 15.1 Å². The zero-order valence-electron chi connectivity index (χ0n) is 15.4. The van der Waals surface area contributed by atoms with Gasteiger partial charge >= 0.3 is 6.18 Å². The van der Waals surface area contributed by atoms with Crippen LogP contribution < -0.4 is 10.6 Å². The molecule has 2 N–H and O–H groups in total. The minimum atomic E-state index is -4.60.